The number of halogens is 1. The van der Waals surface area contributed by atoms with Crippen molar-refractivity contribution in [2.24, 2.45) is 0 Å². The van der Waals surface area contributed by atoms with E-state index in [1.807, 2.05) is 0 Å². The Morgan fingerprint density at radius 1 is 1.06 bits per heavy atom. The summed E-state index contributed by atoms with van der Waals surface area (Å²) in [5.74, 6) is 1.37. The van der Waals surface area contributed by atoms with Gasteiger partial charge in [0.1, 0.15) is 0 Å². The average Bonchev–Trinajstić information content (AvgIpc) is 3.48. The van der Waals surface area contributed by atoms with Crippen LogP contribution in [0.3, 0.4) is 0 Å². The molecule has 0 amide bonds. The van der Waals surface area contributed by atoms with Gasteiger partial charge in [-0.15, -0.1) is 0 Å². The molecule has 4 rings (SSSR count). The molecule has 2 aliphatic rings. The number of methoxy groups -OCH3 is 1. The third-order valence-corrected chi connectivity index (χ3v) is 6.78. The van der Waals surface area contributed by atoms with Gasteiger partial charge in [-0.3, -0.25) is 4.90 Å². The first-order chi connectivity index (χ1) is 15.6. The molecule has 2 aliphatic heterocycles. The lowest BCUT2D eigenvalue weighted by atomic mass is 9.92. The number of rotatable bonds is 9. The zero-order valence-corrected chi connectivity index (χ0v) is 19.3. The first kappa shape index (κ1) is 22.5. The molecule has 1 atom stereocenters. The zero-order chi connectivity index (χ0) is 22.6. The van der Waals surface area contributed by atoms with Crippen molar-refractivity contribution in [2.75, 3.05) is 55.4 Å². The molecule has 32 heavy (non-hydrogen) atoms. The van der Waals surface area contributed by atoms with Gasteiger partial charge in [0.15, 0.2) is 11.6 Å². The normalized spacial score (nSPS) is 21.2. The summed E-state index contributed by atoms with van der Waals surface area (Å²) < 4.78 is 19.2. The molecule has 2 saturated heterocycles. The van der Waals surface area contributed by atoms with Crippen molar-refractivity contribution in [3.63, 3.8) is 0 Å². The summed E-state index contributed by atoms with van der Waals surface area (Å²) in [6, 6.07) is 4.72. The second-order valence-electron chi connectivity index (χ2n) is 8.57. The number of likely N-dealkylation sites (N-methyl/N-ethyl adjacent to an activating group) is 1. The van der Waals surface area contributed by atoms with E-state index in [-0.39, 0.29) is 11.3 Å². The van der Waals surface area contributed by atoms with Crippen LogP contribution in [0.5, 0.6) is 5.75 Å². The molecule has 9 heteroatoms. The van der Waals surface area contributed by atoms with Crippen molar-refractivity contribution in [3.05, 3.63) is 24.0 Å². The number of hydrogen-bond donors (Lipinski definition) is 2. The van der Waals surface area contributed by atoms with Gasteiger partial charge >= 0.3 is 0 Å². The average molecular weight is 444 g/mol. The summed E-state index contributed by atoms with van der Waals surface area (Å²) >= 11 is 0. The highest BCUT2D eigenvalue weighted by Gasteiger charge is 2.38. The molecule has 3 heterocycles. The second kappa shape index (κ2) is 9.85. The van der Waals surface area contributed by atoms with Gasteiger partial charge in [-0.1, -0.05) is 13.8 Å². The molecule has 2 fully saturated rings. The SMILES string of the molecule is CCN1CCCC1(CC)CNc1nc(Nc2ccc(OC)c(F)c2)nc(N2CCCC2)n1. The Bertz CT molecular complexity index is 921. The van der Waals surface area contributed by atoms with Gasteiger partial charge in [-0.2, -0.15) is 15.0 Å². The Kier molecular flexibility index (Phi) is 6.93. The highest BCUT2D eigenvalue weighted by molar-refractivity contribution is 5.57. The predicted molar refractivity (Wildman–Crippen MR) is 126 cm³/mol. The Morgan fingerprint density at radius 2 is 1.84 bits per heavy atom. The molecule has 0 spiro atoms. The van der Waals surface area contributed by atoms with Crippen LogP contribution in [-0.4, -0.2) is 65.2 Å². The molecule has 0 saturated carbocycles. The van der Waals surface area contributed by atoms with Crippen LogP contribution >= 0.6 is 0 Å². The lowest BCUT2D eigenvalue weighted by Gasteiger charge is -2.37. The summed E-state index contributed by atoms with van der Waals surface area (Å²) in [4.78, 5) is 18.7. The number of likely N-dealkylation sites (tertiary alicyclic amines) is 1. The fourth-order valence-corrected chi connectivity index (χ4v) is 4.89. The van der Waals surface area contributed by atoms with Gasteiger partial charge in [-0.05, 0) is 57.3 Å². The fourth-order valence-electron chi connectivity index (χ4n) is 4.89. The molecule has 1 unspecified atom stereocenters. The first-order valence-corrected chi connectivity index (χ1v) is 11.7. The maximum Gasteiger partial charge on any atom is 0.233 e. The van der Waals surface area contributed by atoms with E-state index in [1.54, 1.807) is 12.1 Å². The van der Waals surface area contributed by atoms with Gasteiger partial charge in [0.2, 0.25) is 17.8 Å². The minimum atomic E-state index is -0.435. The lowest BCUT2D eigenvalue weighted by Crippen LogP contribution is -2.48. The van der Waals surface area contributed by atoms with Crippen LogP contribution in [0.15, 0.2) is 18.2 Å². The first-order valence-electron chi connectivity index (χ1n) is 11.7. The summed E-state index contributed by atoms with van der Waals surface area (Å²) in [6.45, 7) is 9.31. The number of ether oxygens (including phenoxy) is 1. The Labute approximate surface area is 189 Å². The fraction of sp³-hybridized carbons (Fsp3) is 0.609. The quantitative estimate of drug-likeness (QED) is 0.601. The van der Waals surface area contributed by atoms with Crippen LogP contribution in [-0.2, 0) is 0 Å². The number of hydrogen-bond acceptors (Lipinski definition) is 8. The molecule has 2 N–H and O–H groups in total. The molecule has 0 bridgehead atoms. The van der Waals surface area contributed by atoms with Crippen LogP contribution in [0.25, 0.3) is 0 Å². The van der Waals surface area contributed by atoms with Crippen molar-refractivity contribution in [1.29, 1.82) is 0 Å². The lowest BCUT2D eigenvalue weighted by molar-refractivity contribution is 0.152. The maximum atomic E-state index is 14.2. The van der Waals surface area contributed by atoms with Crippen LogP contribution in [0.1, 0.15) is 46.0 Å². The summed E-state index contributed by atoms with van der Waals surface area (Å²) in [6.07, 6.45) is 5.73. The molecule has 0 radical (unpaired) electrons. The third-order valence-electron chi connectivity index (χ3n) is 6.78. The number of aromatic nitrogens is 3. The predicted octanol–water partition coefficient (Wildman–Crippen LogP) is 4.04. The Hall–Kier alpha value is -2.68. The van der Waals surface area contributed by atoms with Crippen LogP contribution in [0, 0.1) is 5.82 Å². The molecular weight excluding hydrogens is 409 g/mol. The molecule has 0 aliphatic carbocycles. The minimum absolute atomic E-state index is 0.127. The number of anilines is 4. The monoisotopic (exact) mass is 443 g/mol. The highest BCUT2D eigenvalue weighted by Crippen LogP contribution is 2.32. The van der Waals surface area contributed by atoms with Crippen LogP contribution in [0.4, 0.5) is 27.9 Å². The van der Waals surface area contributed by atoms with E-state index in [0.29, 0.717) is 23.5 Å². The van der Waals surface area contributed by atoms with Gasteiger partial charge in [0, 0.05) is 36.9 Å². The van der Waals surface area contributed by atoms with E-state index >= 15 is 0 Å². The molecular formula is C23H34FN7O. The summed E-state index contributed by atoms with van der Waals surface area (Å²) in [7, 11) is 1.45. The van der Waals surface area contributed by atoms with Crippen molar-refractivity contribution >= 4 is 23.5 Å². The van der Waals surface area contributed by atoms with Crippen molar-refractivity contribution < 1.29 is 9.13 Å². The van der Waals surface area contributed by atoms with E-state index in [1.165, 1.54) is 26.0 Å². The van der Waals surface area contributed by atoms with Crippen LogP contribution in [0.2, 0.25) is 0 Å². The molecule has 1 aromatic heterocycles. The van der Waals surface area contributed by atoms with Gasteiger partial charge in [-0.25, -0.2) is 4.39 Å². The largest absolute Gasteiger partial charge is 0.494 e. The second-order valence-corrected chi connectivity index (χ2v) is 8.57. The van der Waals surface area contributed by atoms with Gasteiger partial charge < -0.3 is 20.3 Å². The molecule has 174 valence electrons. The molecule has 2 aromatic rings. The van der Waals surface area contributed by atoms with Crippen LogP contribution < -0.4 is 20.3 Å². The van der Waals surface area contributed by atoms with Crippen molar-refractivity contribution in [2.45, 2.75) is 51.5 Å². The Morgan fingerprint density at radius 3 is 2.53 bits per heavy atom. The number of benzene rings is 1. The van der Waals surface area contributed by atoms with E-state index < -0.39 is 5.82 Å². The van der Waals surface area contributed by atoms with E-state index in [2.05, 4.69) is 44.2 Å². The summed E-state index contributed by atoms with van der Waals surface area (Å²) in [5.41, 5.74) is 0.688. The molecule has 8 nitrogen and oxygen atoms in total. The maximum absolute atomic E-state index is 14.2. The minimum Gasteiger partial charge on any atom is -0.494 e. The third kappa shape index (κ3) is 4.72. The van der Waals surface area contributed by atoms with E-state index in [9.17, 15) is 4.39 Å². The zero-order valence-electron chi connectivity index (χ0n) is 19.3. The van der Waals surface area contributed by atoms with E-state index in [0.717, 1.165) is 52.0 Å². The topological polar surface area (TPSA) is 78.4 Å². The summed E-state index contributed by atoms with van der Waals surface area (Å²) in [5, 5.41) is 6.63. The van der Waals surface area contributed by atoms with Crippen molar-refractivity contribution in [3.8, 4) is 5.75 Å². The Balaban J connectivity index is 1.57. The number of nitrogens with zero attached hydrogens (tertiary/aromatic N) is 5. The van der Waals surface area contributed by atoms with Gasteiger partial charge in [0.25, 0.3) is 0 Å². The van der Waals surface area contributed by atoms with Gasteiger partial charge in [0.05, 0.1) is 7.11 Å². The molecule has 1 aromatic carbocycles. The van der Waals surface area contributed by atoms with E-state index in [4.69, 9.17) is 9.72 Å². The van der Waals surface area contributed by atoms with Crippen molar-refractivity contribution in [1.82, 2.24) is 19.9 Å². The smallest absolute Gasteiger partial charge is 0.233 e. The highest BCUT2D eigenvalue weighted by atomic mass is 19.1. The standard InChI is InChI=1S/C23H34FN7O/c1-4-23(11-8-14-31(23)5-2)16-25-20-27-21(29-22(28-20)30-12-6-7-13-30)26-17-9-10-19(32-3)18(24)15-17/h9-10,15H,4-8,11-14,16H2,1-3H3,(H2,25,26,27,28,29). The number of nitrogens with one attached hydrogen (secondary N) is 2.